The Labute approximate surface area is 189 Å². The fourth-order valence-electron chi connectivity index (χ4n) is 3.16. The van der Waals surface area contributed by atoms with Crippen LogP contribution in [0.5, 0.6) is 5.75 Å². The Hall–Kier alpha value is -3.73. The standard InChI is InChI=1S/C22H21BFNO8/c1-13(26)5-10-19(27)25-18-11-15-3-2-4-17(20(15)33-23(18)30)22(29)32-12-31-21(28)14-6-8-16(24)9-7-14/h2-4,6-9,18,30H,5,10-12H2,1H3,(H,25,27)/t18-/m0/s1. The zero-order chi connectivity index (χ0) is 24.0. The van der Waals surface area contributed by atoms with Gasteiger partial charge in [-0.05, 0) is 49.2 Å². The van der Waals surface area contributed by atoms with Gasteiger partial charge in [0.25, 0.3) is 0 Å². The number of hydrogen-bond donors (Lipinski definition) is 2. The number of carbonyl (C=O) groups excluding carboxylic acids is 4. The van der Waals surface area contributed by atoms with Gasteiger partial charge in [-0.2, -0.15) is 0 Å². The van der Waals surface area contributed by atoms with Gasteiger partial charge in [-0.3, -0.25) is 4.79 Å². The molecule has 0 spiro atoms. The molecule has 2 aromatic carbocycles. The van der Waals surface area contributed by atoms with Crippen LogP contribution in [0.1, 0.15) is 46.0 Å². The number of para-hydroxylation sites is 1. The lowest BCUT2D eigenvalue weighted by Crippen LogP contribution is -2.53. The number of fused-ring (bicyclic) bond motifs is 1. The number of rotatable bonds is 8. The van der Waals surface area contributed by atoms with E-state index in [2.05, 4.69) is 5.32 Å². The van der Waals surface area contributed by atoms with Gasteiger partial charge in [-0.25, -0.2) is 14.0 Å². The van der Waals surface area contributed by atoms with Gasteiger partial charge >= 0.3 is 19.1 Å². The maximum Gasteiger partial charge on any atom is 0.547 e. The summed E-state index contributed by atoms with van der Waals surface area (Å²) in [4.78, 5) is 47.4. The van der Waals surface area contributed by atoms with Gasteiger partial charge in [0, 0.05) is 12.8 Å². The van der Waals surface area contributed by atoms with Crippen molar-refractivity contribution < 1.29 is 42.7 Å². The maximum atomic E-state index is 12.9. The first kappa shape index (κ1) is 23.9. The molecule has 2 N–H and O–H groups in total. The Kier molecular flexibility index (Phi) is 7.78. The molecular weight excluding hydrogens is 436 g/mol. The molecule has 1 atom stereocenters. The molecule has 2 aromatic rings. The molecule has 3 rings (SSSR count). The number of ether oxygens (including phenoxy) is 2. The number of amides is 1. The summed E-state index contributed by atoms with van der Waals surface area (Å²) in [5.41, 5.74) is 0.646. The van der Waals surface area contributed by atoms with Crippen molar-refractivity contribution in [1.82, 2.24) is 5.32 Å². The second-order valence-electron chi connectivity index (χ2n) is 7.37. The van der Waals surface area contributed by atoms with Crippen LogP contribution in [-0.4, -0.2) is 48.5 Å². The molecule has 0 unspecified atom stereocenters. The van der Waals surface area contributed by atoms with E-state index in [0.717, 1.165) is 12.1 Å². The third-order valence-electron chi connectivity index (χ3n) is 4.85. The van der Waals surface area contributed by atoms with Crippen molar-refractivity contribution in [1.29, 1.82) is 0 Å². The Morgan fingerprint density at radius 2 is 1.79 bits per heavy atom. The smallest absolute Gasteiger partial charge is 0.534 e. The average Bonchev–Trinajstić information content (AvgIpc) is 2.78. The number of Topliss-reactive ketones (excluding diaryl/α,β-unsaturated/α-hetero) is 1. The zero-order valence-electron chi connectivity index (χ0n) is 17.7. The van der Waals surface area contributed by atoms with E-state index in [1.165, 1.54) is 25.1 Å². The fraction of sp³-hybridized carbons (Fsp3) is 0.273. The van der Waals surface area contributed by atoms with Crippen LogP contribution < -0.4 is 9.97 Å². The first-order chi connectivity index (χ1) is 15.7. The topological polar surface area (TPSA) is 128 Å². The summed E-state index contributed by atoms with van der Waals surface area (Å²) >= 11 is 0. The molecule has 0 aliphatic carbocycles. The van der Waals surface area contributed by atoms with Gasteiger partial charge in [0.15, 0.2) is 0 Å². The van der Waals surface area contributed by atoms with Gasteiger partial charge in [-0.1, -0.05) is 12.1 Å². The minimum atomic E-state index is -1.43. The largest absolute Gasteiger partial charge is 0.547 e. The molecule has 1 aliphatic rings. The zero-order valence-corrected chi connectivity index (χ0v) is 17.7. The molecule has 0 radical (unpaired) electrons. The van der Waals surface area contributed by atoms with Crippen LogP contribution in [0.4, 0.5) is 4.39 Å². The van der Waals surface area contributed by atoms with Crippen molar-refractivity contribution in [2.24, 2.45) is 0 Å². The lowest BCUT2D eigenvalue weighted by Gasteiger charge is -2.29. The first-order valence-electron chi connectivity index (χ1n) is 10.1. The van der Waals surface area contributed by atoms with Crippen LogP contribution in [0.2, 0.25) is 0 Å². The van der Waals surface area contributed by atoms with Crippen molar-refractivity contribution in [2.75, 3.05) is 6.79 Å². The number of halogens is 1. The predicted octanol–water partition coefficient (Wildman–Crippen LogP) is 1.61. The van der Waals surface area contributed by atoms with Crippen molar-refractivity contribution >= 4 is 30.7 Å². The lowest BCUT2D eigenvalue weighted by atomic mass is 9.72. The molecule has 0 saturated carbocycles. The highest BCUT2D eigenvalue weighted by molar-refractivity contribution is 6.47. The summed E-state index contributed by atoms with van der Waals surface area (Å²) in [7, 11) is -1.43. The summed E-state index contributed by atoms with van der Waals surface area (Å²) in [6.45, 7) is 0.697. The Morgan fingerprint density at radius 3 is 2.48 bits per heavy atom. The number of nitrogens with one attached hydrogen (secondary N) is 1. The molecule has 0 aromatic heterocycles. The fourth-order valence-corrected chi connectivity index (χ4v) is 3.16. The van der Waals surface area contributed by atoms with Crippen LogP contribution in [0, 0.1) is 5.82 Å². The van der Waals surface area contributed by atoms with E-state index in [1.54, 1.807) is 12.1 Å². The second kappa shape index (κ2) is 10.7. The molecule has 1 aliphatic heterocycles. The van der Waals surface area contributed by atoms with Crippen molar-refractivity contribution in [3.63, 3.8) is 0 Å². The number of benzene rings is 2. The van der Waals surface area contributed by atoms with Crippen molar-refractivity contribution in [2.45, 2.75) is 32.1 Å². The summed E-state index contributed by atoms with van der Waals surface area (Å²) in [6.07, 6.45) is 0.269. The van der Waals surface area contributed by atoms with Crippen LogP contribution in [0.3, 0.4) is 0 Å². The molecule has 0 bridgehead atoms. The molecular formula is C22H21BFNO8. The Morgan fingerprint density at radius 1 is 1.09 bits per heavy atom. The van der Waals surface area contributed by atoms with Gasteiger partial charge in [0.2, 0.25) is 12.7 Å². The van der Waals surface area contributed by atoms with Crippen LogP contribution >= 0.6 is 0 Å². The van der Waals surface area contributed by atoms with E-state index >= 15 is 0 Å². The van der Waals surface area contributed by atoms with Gasteiger partial charge in [-0.15, -0.1) is 0 Å². The van der Waals surface area contributed by atoms with Crippen molar-refractivity contribution in [3.05, 3.63) is 65.0 Å². The summed E-state index contributed by atoms with van der Waals surface area (Å²) in [5.74, 6) is -3.36. The quantitative estimate of drug-likeness (QED) is 0.348. The summed E-state index contributed by atoms with van der Waals surface area (Å²) in [6, 6.07) is 9.33. The minimum Gasteiger partial charge on any atom is -0.534 e. The lowest BCUT2D eigenvalue weighted by molar-refractivity contribution is -0.124. The molecule has 11 heteroatoms. The maximum absolute atomic E-state index is 12.9. The average molecular weight is 457 g/mol. The van der Waals surface area contributed by atoms with E-state index < -0.39 is 43.5 Å². The third-order valence-corrected chi connectivity index (χ3v) is 4.85. The monoisotopic (exact) mass is 457 g/mol. The van der Waals surface area contributed by atoms with E-state index in [1.807, 2.05) is 0 Å². The Balaban J connectivity index is 1.59. The Bertz CT molecular complexity index is 1060. The number of hydrogen-bond acceptors (Lipinski definition) is 8. The van der Waals surface area contributed by atoms with E-state index in [4.69, 9.17) is 14.1 Å². The van der Waals surface area contributed by atoms with Crippen LogP contribution in [-0.2, 0) is 25.5 Å². The van der Waals surface area contributed by atoms with Crippen molar-refractivity contribution in [3.8, 4) is 5.75 Å². The molecule has 0 fully saturated rings. The van der Waals surface area contributed by atoms with E-state index in [0.29, 0.717) is 5.56 Å². The van der Waals surface area contributed by atoms with Gasteiger partial charge < -0.3 is 29.3 Å². The molecule has 172 valence electrons. The normalized spacial score (nSPS) is 14.5. The van der Waals surface area contributed by atoms with Gasteiger partial charge in [0.05, 0.1) is 11.5 Å². The number of esters is 2. The van der Waals surface area contributed by atoms with Gasteiger partial charge in [0.1, 0.15) is 22.9 Å². The SMILES string of the molecule is CC(=O)CCC(=O)N[C@H]1Cc2cccc(C(=O)OCOC(=O)c3ccc(F)cc3)c2OB1O. The van der Waals surface area contributed by atoms with E-state index in [9.17, 15) is 28.6 Å². The highest BCUT2D eigenvalue weighted by Gasteiger charge is 2.37. The number of carbonyl (C=O) groups is 4. The summed E-state index contributed by atoms with van der Waals surface area (Å²) in [5, 5.41) is 12.9. The van der Waals surface area contributed by atoms with E-state index in [-0.39, 0.29) is 41.9 Å². The molecule has 1 heterocycles. The van der Waals surface area contributed by atoms with Crippen LogP contribution in [0.25, 0.3) is 0 Å². The van der Waals surface area contributed by atoms with Crippen LogP contribution in [0.15, 0.2) is 42.5 Å². The molecule has 0 saturated heterocycles. The predicted molar refractivity (Wildman–Crippen MR) is 113 cm³/mol. The summed E-state index contributed by atoms with van der Waals surface area (Å²) < 4.78 is 28.2. The highest BCUT2D eigenvalue weighted by atomic mass is 19.1. The molecule has 1 amide bonds. The first-order valence-corrected chi connectivity index (χ1v) is 10.1. The second-order valence-corrected chi connectivity index (χ2v) is 7.37. The third kappa shape index (κ3) is 6.39. The number of ketones is 1. The molecule has 33 heavy (non-hydrogen) atoms. The minimum absolute atomic E-state index is 0.00531. The molecule has 9 nitrogen and oxygen atoms in total. The highest BCUT2D eigenvalue weighted by Crippen LogP contribution is 2.30.